The highest BCUT2D eigenvalue weighted by Crippen LogP contribution is 2.34. The van der Waals surface area contributed by atoms with E-state index in [1.54, 1.807) is 13.3 Å². The Morgan fingerprint density at radius 2 is 1.88 bits per heavy atom. The summed E-state index contributed by atoms with van der Waals surface area (Å²) in [6.07, 6.45) is 4.64. The molecule has 26 heavy (non-hydrogen) atoms. The Labute approximate surface area is 153 Å². The molecule has 0 radical (unpaired) electrons. The van der Waals surface area contributed by atoms with Crippen molar-refractivity contribution in [1.82, 2.24) is 19.7 Å². The molecule has 1 fully saturated rings. The lowest BCUT2D eigenvalue weighted by molar-refractivity contribution is 0.0482. The third-order valence-corrected chi connectivity index (χ3v) is 5.03. The minimum Gasteiger partial charge on any atom is -0.380 e. The van der Waals surface area contributed by atoms with Crippen LogP contribution in [-0.2, 0) is 4.74 Å². The first kappa shape index (κ1) is 16.9. The molecule has 1 aliphatic carbocycles. The van der Waals surface area contributed by atoms with E-state index in [1.807, 2.05) is 53.2 Å². The normalized spacial score (nSPS) is 23.1. The van der Waals surface area contributed by atoms with Gasteiger partial charge in [-0.3, -0.25) is 4.98 Å². The number of pyridine rings is 1. The van der Waals surface area contributed by atoms with Crippen molar-refractivity contribution in [2.24, 2.45) is 5.73 Å². The number of nitrogens with two attached hydrogens (primary N) is 1. The highest BCUT2D eigenvalue weighted by molar-refractivity contribution is 5.49. The highest BCUT2D eigenvalue weighted by Gasteiger charge is 2.32. The van der Waals surface area contributed by atoms with Gasteiger partial charge in [0.25, 0.3) is 0 Å². The van der Waals surface area contributed by atoms with E-state index in [9.17, 15) is 0 Å². The van der Waals surface area contributed by atoms with E-state index in [0.717, 1.165) is 36.5 Å². The number of aromatic nitrogens is 4. The maximum Gasteiger partial charge on any atom is 0.200 e. The fraction of sp³-hybridized carbons (Fsp3) is 0.350. The van der Waals surface area contributed by atoms with Crippen molar-refractivity contribution in [3.05, 3.63) is 60.6 Å². The van der Waals surface area contributed by atoms with Crippen LogP contribution in [0, 0.1) is 0 Å². The zero-order valence-corrected chi connectivity index (χ0v) is 14.8. The second-order valence-corrected chi connectivity index (χ2v) is 6.70. The van der Waals surface area contributed by atoms with Gasteiger partial charge >= 0.3 is 0 Å². The maximum atomic E-state index is 6.33. The Kier molecular flexibility index (Phi) is 4.77. The van der Waals surface area contributed by atoms with Crippen LogP contribution in [0.15, 0.2) is 54.7 Å². The Morgan fingerprint density at radius 1 is 1.08 bits per heavy atom. The molecule has 0 bridgehead atoms. The van der Waals surface area contributed by atoms with Gasteiger partial charge in [0.15, 0.2) is 5.82 Å². The van der Waals surface area contributed by atoms with Crippen LogP contribution < -0.4 is 5.73 Å². The standard InChI is InChI=1S/C20H23N5O/c1-26-18-11-10-14(13-16(18)21)20-23-19(17-9-5-6-12-22-17)24-25(20)15-7-3-2-4-8-15/h2-9,12,14,16,18H,10-11,13,21H2,1H3/t14-,16+,18+/m0/s1. The maximum absolute atomic E-state index is 6.33. The van der Waals surface area contributed by atoms with E-state index in [2.05, 4.69) is 4.98 Å². The molecule has 6 nitrogen and oxygen atoms in total. The third-order valence-electron chi connectivity index (χ3n) is 5.03. The number of hydrogen-bond acceptors (Lipinski definition) is 5. The first-order chi connectivity index (χ1) is 12.8. The molecule has 134 valence electrons. The van der Waals surface area contributed by atoms with Crippen molar-refractivity contribution in [3.63, 3.8) is 0 Å². The Hall–Kier alpha value is -2.57. The molecule has 3 atom stereocenters. The van der Waals surface area contributed by atoms with Crippen LogP contribution >= 0.6 is 0 Å². The van der Waals surface area contributed by atoms with Gasteiger partial charge in [-0.25, -0.2) is 9.67 Å². The van der Waals surface area contributed by atoms with Gasteiger partial charge in [-0.05, 0) is 43.5 Å². The molecule has 2 heterocycles. The van der Waals surface area contributed by atoms with Crippen LogP contribution in [-0.4, -0.2) is 39.0 Å². The number of ether oxygens (including phenoxy) is 1. The lowest BCUT2D eigenvalue weighted by atomic mass is 9.83. The second kappa shape index (κ2) is 7.35. The van der Waals surface area contributed by atoms with Crippen molar-refractivity contribution in [2.45, 2.75) is 37.3 Å². The third kappa shape index (κ3) is 3.25. The molecule has 1 aromatic carbocycles. The van der Waals surface area contributed by atoms with E-state index >= 15 is 0 Å². The molecule has 0 amide bonds. The molecule has 0 spiro atoms. The predicted octanol–water partition coefficient (Wildman–Crippen LogP) is 2.94. The molecule has 3 aromatic rings. The summed E-state index contributed by atoms with van der Waals surface area (Å²) >= 11 is 0. The topological polar surface area (TPSA) is 78.9 Å². The number of benzene rings is 1. The Balaban J connectivity index is 1.74. The predicted molar refractivity (Wildman–Crippen MR) is 100.0 cm³/mol. The van der Waals surface area contributed by atoms with Gasteiger partial charge < -0.3 is 10.5 Å². The molecule has 1 aliphatic rings. The van der Waals surface area contributed by atoms with Crippen molar-refractivity contribution >= 4 is 0 Å². The van der Waals surface area contributed by atoms with E-state index in [-0.39, 0.29) is 18.1 Å². The molecule has 4 rings (SSSR count). The molecular formula is C20H23N5O. The van der Waals surface area contributed by atoms with Crippen molar-refractivity contribution in [1.29, 1.82) is 0 Å². The van der Waals surface area contributed by atoms with Crippen LogP contribution in [0.5, 0.6) is 0 Å². The van der Waals surface area contributed by atoms with Gasteiger partial charge in [0.05, 0.1) is 11.8 Å². The van der Waals surface area contributed by atoms with E-state index < -0.39 is 0 Å². The smallest absolute Gasteiger partial charge is 0.200 e. The fourth-order valence-corrected chi connectivity index (χ4v) is 3.66. The van der Waals surface area contributed by atoms with Crippen LogP contribution in [0.1, 0.15) is 31.0 Å². The summed E-state index contributed by atoms with van der Waals surface area (Å²) in [5, 5.41) is 4.76. The summed E-state index contributed by atoms with van der Waals surface area (Å²) < 4.78 is 7.44. The summed E-state index contributed by atoms with van der Waals surface area (Å²) in [5.74, 6) is 1.84. The van der Waals surface area contributed by atoms with E-state index in [0.29, 0.717) is 5.82 Å². The zero-order valence-electron chi connectivity index (χ0n) is 14.8. The first-order valence-electron chi connectivity index (χ1n) is 8.98. The summed E-state index contributed by atoms with van der Waals surface area (Å²) in [7, 11) is 1.73. The number of nitrogens with zero attached hydrogens (tertiary/aromatic N) is 4. The number of rotatable bonds is 4. The van der Waals surface area contributed by atoms with Gasteiger partial charge in [0, 0.05) is 25.3 Å². The van der Waals surface area contributed by atoms with Gasteiger partial charge in [-0.15, -0.1) is 5.10 Å². The average molecular weight is 349 g/mol. The zero-order chi connectivity index (χ0) is 17.9. The van der Waals surface area contributed by atoms with Crippen molar-refractivity contribution in [2.75, 3.05) is 7.11 Å². The highest BCUT2D eigenvalue weighted by atomic mass is 16.5. The molecule has 2 N–H and O–H groups in total. The van der Waals surface area contributed by atoms with Crippen molar-refractivity contribution in [3.8, 4) is 17.2 Å². The number of methoxy groups -OCH3 is 1. The van der Waals surface area contributed by atoms with E-state index in [1.165, 1.54) is 0 Å². The van der Waals surface area contributed by atoms with Crippen LogP contribution in [0.4, 0.5) is 0 Å². The average Bonchev–Trinajstić information content (AvgIpc) is 3.15. The second-order valence-electron chi connectivity index (χ2n) is 6.70. The molecule has 0 aliphatic heterocycles. The van der Waals surface area contributed by atoms with Crippen LogP contribution in [0.2, 0.25) is 0 Å². The number of para-hydroxylation sites is 1. The van der Waals surface area contributed by atoms with E-state index in [4.69, 9.17) is 20.6 Å². The van der Waals surface area contributed by atoms with Crippen molar-refractivity contribution < 1.29 is 4.74 Å². The molecule has 2 aromatic heterocycles. The quantitative estimate of drug-likeness (QED) is 0.783. The Bertz CT molecular complexity index is 849. The monoisotopic (exact) mass is 349 g/mol. The van der Waals surface area contributed by atoms with Gasteiger partial charge in [0.1, 0.15) is 11.5 Å². The number of hydrogen-bond donors (Lipinski definition) is 1. The van der Waals surface area contributed by atoms with Crippen LogP contribution in [0.3, 0.4) is 0 Å². The molecule has 1 saturated carbocycles. The Morgan fingerprint density at radius 3 is 2.58 bits per heavy atom. The summed E-state index contributed by atoms with van der Waals surface area (Å²) in [6, 6.07) is 15.9. The largest absolute Gasteiger partial charge is 0.380 e. The molecule has 6 heteroatoms. The summed E-state index contributed by atoms with van der Waals surface area (Å²) in [4.78, 5) is 9.26. The lowest BCUT2D eigenvalue weighted by Gasteiger charge is -2.32. The molecular weight excluding hydrogens is 326 g/mol. The summed E-state index contributed by atoms with van der Waals surface area (Å²) in [6.45, 7) is 0. The van der Waals surface area contributed by atoms with Gasteiger partial charge in [0.2, 0.25) is 0 Å². The fourth-order valence-electron chi connectivity index (χ4n) is 3.66. The summed E-state index contributed by atoms with van der Waals surface area (Å²) in [5.41, 5.74) is 8.10. The minimum atomic E-state index is 0.0120. The van der Waals surface area contributed by atoms with Crippen LogP contribution in [0.25, 0.3) is 17.2 Å². The van der Waals surface area contributed by atoms with Gasteiger partial charge in [-0.1, -0.05) is 24.3 Å². The first-order valence-corrected chi connectivity index (χ1v) is 8.98. The molecule has 0 unspecified atom stereocenters. The lowest BCUT2D eigenvalue weighted by Crippen LogP contribution is -2.41. The van der Waals surface area contributed by atoms with Gasteiger partial charge in [-0.2, -0.15) is 0 Å². The SMILES string of the molecule is CO[C@@H]1CC[C@H](c2nc(-c3ccccn3)nn2-c2ccccc2)C[C@H]1N. The molecule has 0 saturated heterocycles. The minimum absolute atomic E-state index is 0.0120.